The van der Waals surface area contributed by atoms with Gasteiger partial charge in [-0.1, -0.05) is 6.92 Å². The molecular formula is C12H13F3N4. The molecule has 0 unspecified atom stereocenters. The van der Waals surface area contributed by atoms with Crippen molar-refractivity contribution in [3.8, 4) is 5.69 Å². The highest BCUT2D eigenvalue weighted by Gasteiger charge is 2.38. The third kappa shape index (κ3) is 2.93. The Balaban J connectivity index is 2.47. The summed E-state index contributed by atoms with van der Waals surface area (Å²) in [5.41, 5.74) is -0.282. The van der Waals surface area contributed by atoms with Crippen molar-refractivity contribution in [2.75, 3.05) is 6.54 Å². The quantitative estimate of drug-likeness (QED) is 0.927. The second-order valence-corrected chi connectivity index (χ2v) is 3.91. The highest BCUT2D eigenvalue weighted by Crippen LogP contribution is 2.33. The van der Waals surface area contributed by atoms with Crippen LogP contribution in [0.2, 0.25) is 0 Å². The van der Waals surface area contributed by atoms with E-state index in [1.54, 1.807) is 0 Å². The maximum absolute atomic E-state index is 13.2. The predicted octanol–water partition coefficient (Wildman–Crippen LogP) is 2.40. The van der Waals surface area contributed by atoms with E-state index in [0.29, 0.717) is 12.2 Å². The lowest BCUT2D eigenvalue weighted by atomic mass is 10.2. The van der Waals surface area contributed by atoms with Crippen molar-refractivity contribution < 1.29 is 13.2 Å². The zero-order chi connectivity index (χ0) is 13.9. The van der Waals surface area contributed by atoms with Gasteiger partial charge in [0.1, 0.15) is 0 Å². The highest BCUT2D eigenvalue weighted by molar-refractivity contribution is 5.34. The number of nitrogens with zero attached hydrogens (tertiary/aromatic N) is 3. The molecule has 0 amide bonds. The van der Waals surface area contributed by atoms with Crippen LogP contribution in [-0.4, -0.2) is 21.3 Å². The van der Waals surface area contributed by atoms with E-state index in [1.807, 2.05) is 6.92 Å². The summed E-state index contributed by atoms with van der Waals surface area (Å²) in [6.07, 6.45) is -0.349. The summed E-state index contributed by atoms with van der Waals surface area (Å²) in [4.78, 5) is 3.78. The van der Waals surface area contributed by atoms with Crippen molar-refractivity contribution in [3.05, 3.63) is 42.0 Å². The van der Waals surface area contributed by atoms with E-state index in [-0.39, 0.29) is 12.1 Å². The van der Waals surface area contributed by atoms with Gasteiger partial charge in [0.15, 0.2) is 5.69 Å². The molecule has 2 aromatic heterocycles. The van der Waals surface area contributed by atoms with Crippen LogP contribution < -0.4 is 5.32 Å². The molecule has 2 aromatic rings. The summed E-state index contributed by atoms with van der Waals surface area (Å²) < 4.78 is 40.3. The first-order chi connectivity index (χ1) is 9.04. The molecule has 0 saturated heterocycles. The van der Waals surface area contributed by atoms with Crippen molar-refractivity contribution in [3.63, 3.8) is 0 Å². The SMILES string of the molecule is CCNCc1cnn(-c2ccncc2)c1C(F)(F)F. The molecule has 1 N–H and O–H groups in total. The Morgan fingerprint density at radius 1 is 1.26 bits per heavy atom. The van der Waals surface area contributed by atoms with Crippen LogP contribution in [0.4, 0.5) is 13.2 Å². The Morgan fingerprint density at radius 3 is 2.53 bits per heavy atom. The van der Waals surface area contributed by atoms with Crippen LogP contribution in [0.25, 0.3) is 5.69 Å². The first-order valence-corrected chi connectivity index (χ1v) is 5.79. The smallest absolute Gasteiger partial charge is 0.313 e. The number of pyridine rings is 1. The van der Waals surface area contributed by atoms with Crippen LogP contribution in [-0.2, 0) is 12.7 Å². The van der Waals surface area contributed by atoms with Crippen LogP contribution >= 0.6 is 0 Å². The minimum Gasteiger partial charge on any atom is -0.313 e. The van der Waals surface area contributed by atoms with Gasteiger partial charge in [-0.15, -0.1) is 0 Å². The van der Waals surface area contributed by atoms with Gasteiger partial charge in [0.2, 0.25) is 0 Å². The maximum atomic E-state index is 13.2. The summed E-state index contributed by atoms with van der Waals surface area (Å²) in [5.74, 6) is 0. The summed E-state index contributed by atoms with van der Waals surface area (Å²) in [5, 5.41) is 6.71. The first kappa shape index (κ1) is 13.5. The van der Waals surface area contributed by atoms with E-state index < -0.39 is 11.9 Å². The summed E-state index contributed by atoms with van der Waals surface area (Å²) in [7, 11) is 0. The van der Waals surface area contributed by atoms with Crippen molar-refractivity contribution in [2.45, 2.75) is 19.6 Å². The number of aromatic nitrogens is 3. The molecule has 0 bridgehead atoms. The molecule has 0 fully saturated rings. The summed E-state index contributed by atoms with van der Waals surface area (Å²) in [6.45, 7) is 2.56. The van der Waals surface area contributed by atoms with Gasteiger partial charge in [0.25, 0.3) is 0 Å². The molecule has 0 radical (unpaired) electrons. The molecule has 0 aliphatic rings. The van der Waals surface area contributed by atoms with E-state index in [9.17, 15) is 13.2 Å². The van der Waals surface area contributed by atoms with Crippen LogP contribution in [0, 0.1) is 0 Å². The molecule has 2 rings (SSSR count). The van der Waals surface area contributed by atoms with Crippen molar-refractivity contribution in [2.24, 2.45) is 0 Å². The molecule has 4 nitrogen and oxygen atoms in total. The van der Waals surface area contributed by atoms with Crippen molar-refractivity contribution in [1.82, 2.24) is 20.1 Å². The number of alkyl halides is 3. The first-order valence-electron chi connectivity index (χ1n) is 5.79. The molecule has 102 valence electrons. The van der Waals surface area contributed by atoms with Gasteiger partial charge in [-0.3, -0.25) is 4.98 Å². The molecular weight excluding hydrogens is 257 g/mol. The van der Waals surface area contributed by atoms with Crippen molar-refractivity contribution in [1.29, 1.82) is 0 Å². The monoisotopic (exact) mass is 270 g/mol. The van der Waals surface area contributed by atoms with E-state index in [0.717, 1.165) is 4.68 Å². The zero-order valence-electron chi connectivity index (χ0n) is 10.3. The normalized spacial score (nSPS) is 11.8. The number of nitrogens with one attached hydrogen (secondary N) is 1. The third-order valence-electron chi connectivity index (χ3n) is 2.59. The van der Waals surface area contributed by atoms with Crippen LogP contribution in [0.15, 0.2) is 30.7 Å². The fraction of sp³-hybridized carbons (Fsp3) is 0.333. The molecule has 2 heterocycles. The average molecular weight is 270 g/mol. The molecule has 0 aliphatic heterocycles. The van der Waals surface area contributed by atoms with Gasteiger partial charge in [-0.25, -0.2) is 4.68 Å². The van der Waals surface area contributed by atoms with Gasteiger partial charge >= 0.3 is 6.18 Å². The van der Waals surface area contributed by atoms with Crippen LogP contribution in [0.5, 0.6) is 0 Å². The van der Waals surface area contributed by atoms with Crippen LogP contribution in [0.1, 0.15) is 18.2 Å². The Labute approximate surface area is 108 Å². The molecule has 0 saturated carbocycles. The second-order valence-electron chi connectivity index (χ2n) is 3.91. The average Bonchev–Trinajstić information content (AvgIpc) is 2.81. The topological polar surface area (TPSA) is 42.7 Å². The van der Waals surface area contributed by atoms with Gasteiger partial charge in [-0.2, -0.15) is 18.3 Å². The lowest BCUT2D eigenvalue weighted by Crippen LogP contribution is -2.19. The fourth-order valence-electron chi connectivity index (χ4n) is 1.75. The lowest BCUT2D eigenvalue weighted by molar-refractivity contribution is -0.143. The lowest BCUT2D eigenvalue weighted by Gasteiger charge is -2.12. The number of rotatable bonds is 4. The summed E-state index contributed by atoms with van der Waals surface area (Å²) in [6, 6.07) is 2.97. The fourth-order valence-corrected chi connectivity index (χ4v) is 1.75. The van der Waals surface area contributed by atoms with E-state index in [2.05, 4.69) is 15.4 Å². The van der Waals surface area contributed by atoms with Gasteiger partial charge in [0.05, 0.1) is 11.9 Å². The molecule has 0 spiro atoms. The Hall–Kier alpha value is -1.89. The Morgan fingerprint density at radius 2 is 1.95 bits per heavy atom. The standard InChI is InChI=1S/C12H13F3N4/c1-2-16-7-9-8-18-19(11(9)12(13,14)15)10-3-5-17-6-4-10/h3-6,8,16H,2,7H2,1H3. The van der Waals surface area contributed by atoms with E-state index >= 15 is 0 Å². The molecule has 19 heavy (non-hydrogen) atoms. The van der Waals surface area contributed by atoms with E-state index in [1.165, 1.54) is 30.7 Å². The van der Waals surface area contributed by atoms with Gasteiger partial charge in [0, 0.05) is 24.5 Å². The van der Waals surface area contributed by atoms with Gasteiger partial charge in [-0.05, 0) is 18.7 Å². The Bertz CT molecular complexity index is 534. The summed E-state index contributed by atoms with van der Waals surface area (Å²) >= 11 is 0. The molecule has 0 aliphatic carbocycles. The molecule has 7 heteroatoms. The molecule has 0 aromatic carbocycles. The minimum atomic E-state index is -4.45. The van der Waals surface area contributed by atoms with Gasteiger partial charge < -0.3 is 5.32 Å². The third-order valence-corrected chi connectivity index (χ3v) is 2.59. The Kier molecular flexibility index (Phi) is 3.84. The minimum absolute atomic E-state index is 0.131. The predicted molar refractivity (Wildman–Crippen MR) is 63.7 cm³/mol. The molecule has 0 atom stereocenters. The van der Waals surface area contributed by atoms with Crippen LogP contribution in [0.3, 0.4) is 0 Å². The maximum Gasteiger partial charge on any atom is 0.433 e. The highest BCUT2D eigenvalue weighted by atomic mass is 19.4. The number of halogens is 3. The number of hydrogen-bond donors (Lipinski definition) is 1. The second kappa shape index (κ2) is 5.40. The number of hydrogen-bond acceptors (Lipinski definition) is 3. The zero-order valence-corrected chi connectivity index (χ0v) is 10.3. The largest absolute Gasteiger partial charge is 0.433 e. The van der Waals surface area contributed by atoms with Crippen molar-refractivity contribution >= 4 is 0 Å². The van der Waals surface area contributed by atoms with E-state index in [4.69, 9.17) is 0 Å².